The summed E-state index contributed by atoms with van der Waals surface area (Å²) in [6, 6.07) is 0.536. The quantitative estimate of drug-likeness (QED) is 0.689. The summed E-state index contributed by atoms with van der Waals surface area (Å²) in [5, 5.41) is 0. The molecule has 1 rings (SSSR count). The first-order valence-electron chi connectivity index (χ1n) is 6.56. The predicted octanol–water partition coefficient (Wildman–Crippen LogP) is -0.0971. The van der Waals surface area contributed by atoms with E-state index in [0.29, 0.717) is 6.04 Å². The molecule has 0 spiro atoms. The second kappa shape index (κ2) is 7.22. The van der Waals surface area contributed by atoms with Crippen LogP contribution < -0.4 is 5.73 Å². The van der Waals surface area contributed by atoms with Crippen LogP contribution >= 0.6 is 0 Å². The molecule has 1 aliphatic heterocycles. The molecule has 1 atom stereocenters. The van der Waals surface area contributed by atoms with Crippen LogP contribution in [0, 0.1) is 0 Å². The highest BCUT2D eigenvalue weighted by Crippen LogP contribution is 2.06. The third-order valence-electron chi connectivity index (χ3n) is 3.69. The smallest absolute Gasteiger partial charge is 0.0346 e. The van der Waals surface area contributed by atoms with Crippen LogP contribution in [0.15, 0.2) is 0 Å². The Morgan fingerprint density at radius 2 is 1.69 bits per heavy atom. The Kier molecular flexibility index (Phi) is 6.28. The third kappa shape index (κ3) is 4.01. The number of piperazine rings is 1. The van der Waals surface area contributed by atoms with Crippen LogP contribution in [0.1, 0.15) is 13.8 Å². The standard InChI is InChI=1S/C12H28N4/c1-4-15(5-2)11-12(10-13)16-8-6-14(3)7-9-16/h12H,4-11,13H2,1-3H3. The SMILES string of the molecule is CCN(CC)CC(CN)N1CCN(C)CC1. The molecular formula is C12H28N4. The van der Waals surface area contributed by atoms with E-state index in [1.165, 1.54) is 26.2 Å². The average Bonchev–Trinajstić information content (AvgIpc) is 2.32. The fourth-order valence-electron chi connectivity index (χ4n) is 2.31. The van der Waals surface area contributed by atoms with Crippen molar-refractivity contribution in [3.8, 4) is 0 Å². The van der Waals surface area contributed by atoms with E-state index in [1.807, 2.05) is 0 Å². The molecule has 2 N–H and O–H groups in total. The van der Waals surface area contributed by atoms with Gasteiger partial charge in [0, 0.05) is 45.3 Å². The van der Waals surface area contributed by atoms with Gasteiger partial charge in [-0.05, 0) is 20.1 Å². The van der Waals surface area contributed by atoms with Crippen LogP contribution in [0.2, 0.25) is 0 Å². The van der Waals surface area contributed by atoms with Crippen LogP contribution in [0.3, 0.4) is 0 Å². The Hall–Kier alpha value is -0.160. The van der Waals surface area contributed by atoms with Crippen molar-refractivity contribution in [2.24, 2.45) is 5.73 Å². The number of nitrogens with two attached hydrogens (primary N) is 1. The summed E-state index contributed by atoms with van der Waals surface area (Å²) < 4.78 is 0. The minimum atomic E-state index is 0.536. The Balaban J connectivity index is 2.40. The molecule has 0 aromatic heterocycles. The van der Waals surface area contributed by atoms with Crippen LogP contribution in [0.4, 0.5) is 0 Å². The predicted molar refractivity (Wildman–Crippen MR) is 69.7 cm³/mol. The monoisotopic (exact) mass is 228 g/mol. The molecule has 0 bridgehead atoms. The summed E-state index contributed by atoms with van der Waals surface area (Å²) in [4.78, 5) is 7.41. The molecule has 16 heavy (non-hydrogen) atoms. The topological polar surface area (TPSA) is 35.7 Å². The van der Waals surface area contributed by atoms with Crippen molar-refractivity contribution in [3.63, 3.8) is 0 Å². The highest BCUT2D eigenvalue weighted by Gasteiger charge is 2.22. The van der Waals surface area contributed by atoms with Crippen molar-refractivity contribution < 1.29 is 0 Å². The Bertz CT molecular complexity index is 174. The zero-order valence-electron chi connectivity index (χ0n) is 11.2. The molecule has 1 heterocycles. The van der Waals surface area contributed by atoms with Crippen molar-refractivity contribution in [2.75, 3.05) is 59.4 Å². The van der Waals surface area contributed by atoms with Crippen molar-refractivity contribution in [2.45, 2.75) is 19.9 Å². The lowest BCUT2D eigenvalue weighted by Gasteiger charge is -2.39. The molecule has 4 heteroatoms. The van der Waals surface area contributed by atoms with Gasteiger partial charge in [-0.25, -0.2) is 0 Å². The normalized spacial score (nSPS) is 21.6. The number of nitrogens with zero attached hydrogens (tertiary/aromatic N) is 3. The highest BCUT2D eigenvalue weighted by atomic mass is 15.3. The molecule has 1 unspecified atom stereocenters. The molecule has 0 aromatic carbocycles. The maximum atomic E-state index is 5.91. The molecule has 0 amide bonds. The Morgan fingerprint density at radius 1 is 1.12 bits per heavy atom. The largest absolute Gasteiger partial charge is 0.329 e. The maximum Gasteiger partial charge on any atom is 0.0346 e. The molecule has 1 aliphatic rings. The lowest BCUT2D eigenvalue weighted by Crippen LogP contribution is -2.54. The Morgan fingerprint density at radius 3 is 2.12 bits per heavy atom. The van der Waals surface area contributed by atoms with Crippen LogP contribution in [-0.4, -0.2) is 80.1 Å². The van der Waals surface area contributed by atoms with Gasteiger partial charge in [-0.3, -0.25) is 4.90 Å². The summed E-state index contributed by atoms with van der Waals surface area (Å²) >= 11 is 0. The minimum Gasteiger partial charge on any atom is -0.329 e. The van der Waals surface area contributed by atoms with Gasteiger partial charge < -0.3 is 15.5 Å². The van der Waals surface area contributed by atoms with Crippen molar-refractivity contribution in [1.29, 1.82) is 0 Å². The van der Waals surface area contributed by atoms with E-state index in [4.69, 9.17) is 5.73 Å². The van der Waals surface area contributed by atoms with Gasteiger partial charge in [0.15, 0.2) is 0 Å². The van der Waals surface area contributed by atoms with E-state index >= 15 is 0 Å². The maximum absolute atomic E-state index is 5.91. The Labute approximate surface area is 100 Å². The van der Waals surface area contributed by atoms with Gasteiger partial charge in [-0.2, -0.15) is 0 Å². The van der Waals surface area contributed by atoms with Gasteiger partial charge in [0.1, 0.15) is 0 Å². The van der Waals surface area contributed by atoms with Crippen molar-refractivity contribution >= 4 is 0 Å². The fourth-order valence-corrected chi connectivity index (χ4v) is 2.31. The van der Waals surface area contributed by atoms with Gasteiger partial charge in [0.2, 0.25) is 0 Å². The third-order valence-corrected chi connectivity index (χ3v) is 3.69. The van der Waals surface area contributed by atoms with Gasteiger partial charge in [-0.15, -0.1) is 0 Å². The molecule has 1 fully saturated rings. The fraction of sp³-hybridized carbons (Fsp3) is 1.00. The number of rotatable bonds is 6. The first-order chi connectivity index (χ1) is 7.71. The van der Waals surface area contributed by atoms with E-state index in [9.17, 15) is 0 Å². The van der Waals surface area contributed by atoms with E-state index < -0.39 is 0 Å². The molecule has 1 saturated heterocycles. The van der Waals surface area contributed by atoms with Gasteiger partial charge in [-0.1, -0.05) is 13.8 Å². The zero-order valence-corrected chi connectivity index (χ0v) is 11.2. The summed E-state index contributed by atoms with van der Waals surface area (Å²) in [7, 11) is 2.19. The van der Waals surface area contributed by atoms with E-state index in [-0.39, 0.29) is 0 Å². The summed E-state index contributed by atoms with van der Waals surface area (Å²) in [5.74, 6) is 0. The van der Waals surface area contributed by atoms with Crippen LogP contribution in [0.25, 0.3) is 0 Å². The summed E-state index contributed by atoms with van der Waals surface area (Å²) in [5.41, 5.74) is 5.91. The minimum absolute atomic E-state index is 0.536. The van der Waals surface area contributed by atoms with E-state index in [2.05, 4.69) is 35.6 Å². The molecule has 0 radical (unpaired) electrons. The van der Waals surface area contributed by atoms with E-state index in [1.54, 1.807) is 0 Å². The van der Waals surface area contributed by atoms with Crippen LogP contribution in [-0.2, 0) is 0 Å². The summed E-state index contributed by atoms with van der Waals surface area (Å²) in [6.07, 6.45) is 0. The molecule has 0 saturated carbocycles. The average molecular weight is 228 g/mol. The lowest BCUT2D eigenvalue weighted by atomic mass is 10.2. The number of hydrogen-bond acceptors (Lipinski definition) is 4. The molecular weight excluding hydrogens is 200 g/mol. The number of hydrogen-bond donors (Lipinski definition) is 1. The lowest BCUT2D eigenvalue weighted by molar-refractivity contribution is 0.0915. The van der Waals surface area contributed by atoms with Gasteiger partial charge in [0.05, 0.1) is 0 Å². The first-order valence-corrected chi connectivity index (χ1v) is 6.56. The summed E-state index contributed by atoms with van der Waals surface area (Å²) in [6.45, 7) is 13.3. The second-order valence-electron chi connectivity index (χ2n) is 4.71. The van der Waals surface area contributed by atoms with Crippen molar-refractivity contribution in [1.82, 2.24) is 14.7 Å². The van der Waals surface area contributed by atoms with Crippen molar-refractivity contribution in [3.05, 3.63) is 0 Å². The molecule has 4 nitrogen and oxygen atoms in total. The highest BCUT2D eigenvalue weighted by molar-refractivity contribution is 4.80. The van der Waals surface area contributed by atoms with E-state index in [0.717, 1.165) is 26.2 Å². The molecule has 96 valence electrons. The second-order valence-corrected chi connectivity index (χ2v) is 4.71. The zero-order chi connectivity index (χ0) is 12.0. The molecule has 0 aromatic rings. The first kappa shape index (κ1) is 13.9. The molecule has 0 aliphatic carbocycles. The van der Waals surface area contributed by atoms with Gasteiger partial charge in [0.25, 0.3) is 0 Å². The number of likely N-dealkylation sites (N-methyl/N-ethyl adjacent to an activating group) is 2. The van der Waals surface area contributed by atoms with Crippen LogP contribution in [0.5, 0.6) is 0 Å². The van der Waals surface area contributed by atoms with Gasteiger partial charge >= 0.3 is 0 Å².